The van der Waals surface area contributed by atoms with Gasteiger partial charge in [-0.15, -0.1) is 0 Å². The molecule has 0 unspecified atom stereocenters. The predicted octanol–water partition coefficient (Wildman–Crippen LogP) is 1.38. The molecule has 0 radical (unpaired) electrons. The summed E-state index contributed by atoms with van der Waals surface area (Å²) in [4.78, 5) is 12.7. The monoisotopic (exact) mass is 214 g/mol. The molecule has 0 saturated carbocycles. The molecule has 1 aromatic rings. The van der Waals surface area contributed by atoms with Crippen molar-refractivity contribution in [3.05, 3.63) is 27.4 Å². The first-order valence-corrected chi connectivity index (χ1v) is 3.60. The van der Waals surface area contributed by atoms with Crippen LogP contribution in [0.4, 0.5) is 20.3 Å². The zero-order chi connectivity index (χ0) is 11.6. The molecule has 1 aromatic heterocycles. The van der Waals surface area contributed by atoms with Crippen LogP contribution in [-0.4, -0.2) is 9.91 Å². The topological polar surface area (TPSA) is 106 Å². The van der Waals surface area contributed by atoms with Crippen LogP contribution in [0.25, 0.3) is 0 Å². The Balaban J connectivity index is 3.56. The molecular weight excluding hydrogens is 210 g/mol. The molecule has 0 aliphatic heterocycles. The van der Waals surface area contributed by atoms with Gasteiger partial charge >= 0.3 is 5.69 Å². The molecule has 0 aliphatic carbocycles. The number of nitro groups is 1. The van der Waals surface area contributed by atoms with Gasteiger partial charge < -0.3 is 5.73 Å². The van der Waals surface area contributed by atoms with Gasteiger partial charge in [-0.2, -0.15) is 5.26 Å². The molecule has 0 saturated heterocycles. The largest absolute Gasteiger partial charge is 0.378 e. The lowest BCUT2D eigenvalue weighted by Gasteiger charge is -2.03. The van der Waals surface area contributed by atoms with Crippen LogP contribution in [0.2, 0.25) is 0 Å². The summed E-state index contributed by atoms with van der Waals surface area (Å²) in [5, 5.41) is 19.0. The third kappa shape index (κ3) is 1.80. The number of alkyl halides is 2. The van der Waals surface area contributed by atoms with Crippen molar-refractivity contribution < 1.29 is 13.7 Å². The molecule has 0 atom stereocenters. The summed E-state index contributed by atoms with van der Waals surface area (Å²) in [6.45, 7) is 0. The van der Waals surface area contributed by atoms with Gasteiger partial charge in [0.2, 0.25) is 5.82 Å². The summed E-state index contributed by atoms with van der Waals surface area (Å²) >= 11 is 0. The fourth-order valence-electron chi connectivity index (χ4n) is 0.997. The number of rotatable bonds is 2. The van der Waals surface area contributed by atoms with E-state index in [2.05, 4.69) is 4.98 Å². The van der Waals surface area contributed by atoms with Crippen LogP contribution >= 0.6 is 0 Å². The second-order valence-corrected chi connectivity index (χ2v) is 2.49. The van der Waals surface area contributed by atoms with Gasteiger partial charge in [0, 0.05) is 6.20 Å². The number of nitrogens with two attached hydrogens (primary N) is 1. The molecule has 15 heavy (non-hydrogen) atoms. The van der Waals surface area contributed by atoms with Gasteiger partial charge in [-0.05, 0) is 0 Å². The van der Waals surface area contributed by atoms with Crippen LogP contribution in [-0.2, 0) is 0 Å². The highest BCUT2D eigenvalue weighted by Gasteiger charge is 2.26. The second-order valence-electron chi connectivity index (χ2n) is 2.49. The van der Waals surface area contributed by atoms with Gasteiger partial charge in [-0.1, -0.05) is 0 Å². The van der Waals surface area contributed by atoms with E-state index in [1.165, 1.54) is 6.07 Å². The Morgan fingerprint density at radius 2 is 2.27 bits per heavy atom. The maximum Gasteiger partial charge on any atom is 0.329 e. The standard InChI is InChI=1S/C7H4F2N4O2/c8-6(9)4-2-12-7(11)5(13(14)15)3(4)1-10/h2,6H,(H2,11,12). The number of halogens is 2. The number of nitriles is 1. The number of anilines is 1. The molecule has 0 aliphatic rings. The average Bonchev–Trinajstić information content (AvgIpc) is 2.15. The number of nitrogens with zero attached hydrogens (tertiary/aromatic N) is 3. The lowest BCUT2D eigenvalue weighted by molar-refractivity contribution is -0.384. The average molecular weight is 214 g/mol. The fourth-order valence-corrected chi connectivity index (χ4v) is 0.997. The van der Waals surface area contributed by atoms with Crippen molar-refractivity contribution >= 4 is 11.5 Å². The molecule has 6 nitrogen and oxygen atoms in total. The number of aromatic nitrogens is 1. The number of nitrogen functional groups attached to an aromatic ring is 1. The van der Waals surface area contributed by atoms with Gasteiger partial charge in [-0.3, -0.25) is 10.1 Å². The summed E-state index contributed by atoms with van der Waals surface area (Å²) < 4.78 is 24.7. The molecule has 0 aromatic carbocycles. The van der Waals surface area contributed by atoms with Crippen molar-refractivity contribution in [2.45, 2.75) is 6.43 Å². The Labute approximate surface area is 82.1 Å². The number of hydrogen-bond donors (Lipinski definition) is 1. The Kier molecular flexibility index (Phi) is 2.75. The Bertz CT molecular complexity index is 455. The Hall–Kier alpha value is -2.30. The number of pyridine rings is 1. The Morgan fingerprint density at radius 3 is 2.67 bits per heavy atom. The van der Waals surface area contributed by atoms with E-state index in [4.69, 9.17) is 11.0 Å². The fraction of sp³-hybridized carbons (Fsp3) is 0.143. The SMILES string of the molecule is N#Cc1c(C(F)F)cnc(N)c1[N+](=O)[O-]. The highest BCUT2D eigenvalue weighted by molar-refractivity contribution is 5.64. The molecule has 8 heteroatoms. The highest BCUT2D eigenvalue weighted by atomic mass is 19.3. The molecule has 78 valence electrons. The molecule has 1 heterocycles. The summed E-state index contributed by atoms with van der Waals surface area (Å²) in [5.41, 5.74) is 2.70. The molecule has 0 fully saturated rings. The van der Waals surface area contributed by atoms with Gasteiger partial charge in [0.05, 0.1) is 10.5 Å². The zero-order valence-corrected chi connectivity index (χ0v) is 7.15. The van der Waals surface area contributed by atoms with E-state index in [1.54, 1.807) is 0 Å². The third-order valence-corrected chi connectivity index (χ3v) is 1.64. The van der Waals surface area contributed by atoms with Crippen molar-refractivity contribution in [3.8, 4) is 6.07 Å². The summed E-state index contributed by atoms with van der Waals surface area (Å²) in [5.74, 6) is -0.555. The minimum absolute atomic E-state index is 0.555. The van der Waals surface area contributed by atoms with Crippen molar-refractivity contribution in [2.24, 2.45) is 0 Å². The molecular formula is C7H4F2N4O2. The van der Waals surface area contributed by atoms with Crippen molar-refractivity contribution in [1.29, 1.82) is 5.26 Å². The van der Waals surface area contributed by atoms with Gasteiger partial charge in [0.25, 0.3) is 6.43 Å². The Morgan fingerprint density at radius 1 is 1.67 bits per heavy atom. The van der Waals surface area contributed by atoms with E-state index in [0.717, 1.165) is 0 Å². The molecule has 0 amide bonds. The van der Waals surface area contributed by atoms with E-state index in [9.17, 15) is 18.9 Å². The van der Waals surface area contributed by atoms with E-state index in [-0.39, 0.29) is 0 Å². The minimum Gasteiger partial charge on any atom is -0.378 e. The summed E-state index contributed by atoms with van der Waals surface area (Å²) in [6, 6.07) is 1.33. The minimum atomic E-state index is -3.01. The van der Waals surface area contributed by atoms with Crippen LogP contribution in [0.3, 0.4) is 0 Å². The van der Waals surface area contributed by atoms with E-state index < -0.39 is 34.0 Å². The quantitative estimate of drug-likeness (QED) is 0.591. The van der Waals surface area contributed by atoms with E-state index in [0.29, 0.717) is 6.20 Å². The molecule has 0 bridgehead atoms. The lowest BCUT2D eigenvalue weighted by atomic mass is 10.1. The van der Waals surface area contributed by atoms with Crippen molar-refractivity contribution in [1.82, 2.24) is 4.98 Å². The van der Waals surface area contributed by atoms with Crippen LogP contribution < -0.4 is 5.73 Å². The lowest BCUT2D eigenvalue weighted by Crippen LogP contribution is -2.04. The van der Waals surface area contributed by atoms with E-state index >= 15 is 0 Å². The van der Waals surface area contributed by atoms with Crippen LogP contribution in [0.1, 0.15) is 17.6 Å². The molecule has 1 rings (SSSR count). The summed E-state index contributed by atoms with van der Waals surface area (Å²) in [6.07, 6.45) is -2.35. The van der Waals surface area contributed by atoms with Gasteiger partial charge in [0.15, 0.2) is 0 Å². The van der Waals surface area contributed by atoms with E-state index in [1.807, 2.05) is 0 Å². The third-order valence-electron chi connectivity index (χ3n) is 1.64. The van der Waals surface area contributed by atoms with Gasteiger partial charge in [-0.25, -0.2) is 13.8 Å². The highest BCUT2D eigenvalue weighted by Crippen LogP contribution is 2.31. The van der Waals surface area contributed by atoms with Crippen LogP contribution in [0.15, 0.2) is 6.20 Å². The maximum atomic E-state index is 12.3. The molecule has 2 N–H and O–H groups in total. The smallest absolute Gasteiger partial charge is 0.329 e. The molecule has 0 spiro atoms. The first-order chi connectivity index (χ1) is 6.99. The van der Waals surface area contributed by atoms with Crippen molar-refractivity contribution in [3.63, 3.8) is 0 Å². The normalized spacial score (nSPS) is 10.0. The first-order valence-electron chi connectivity index (χ1n) is 3.60. The van der Waals surface area contributed by atoms with Crippen LogP contribution in [0.5, 0.6) is 0 Å². The summed E-state index contributed by atoms with van der Waals surface area (Å²) in [7, 11) is 0. The van der Waals surface area contributed by atoms with Crippen molar-refractivity contribution in [2.75, 3.05) is 5.73 Å². The van der Waals surface area contributed by atoms with Crippen LogP contribution in [0, 0.1) is 21.4 Å². The zero-order valence-electron chi connectivity index (χ0n) is 7.15. The number of hydrogen-bond acceptors (Lipinski definition) is 5. The predicted molar refractivity (Wildman–Crippen MR) is 45.0 cm³/mol. The maximum absolute atomic E-state index is 12.3. The first kappa shape index (κ1) is 10.8. The second kappa shape index (κ2) is 3.83. The van der Waals surface area contributed by atoms with Gasteiger partial charge in [0.1, 0.15) is 11.6 Å².